The standard InChI is InChI=1S/C63H88O6Si2/c1-47(27-25-41-61(9,10)67-46-66-12)56-39-40-57-49(28-26-42-62(56,57)11)37-38-50-43-51(68-70(59(3,4)5,52-29-17-13-18-30-52)53-31-19-14-20-32-53)44-58(63(50,65)45-48(2)64)69-71(60(6,7)8,54-33-21-15-22-34-54)55-35-23-16-24-36-55/h13-24,29-38,47,51,56-58,65H,25-28,39-46H2,1-12H3/b49-37+,50-38+/t47-,51-,56-,57+,58+,62-,63+/m1/s1. The van der Waals surface area contributed by atoms with Crippen LogP contribution in [0.5, 0.6) is 0 Å². The summed E-state index contributed by atoms with van der Waals surface area (Å²) < 4.78 is 27.4. The van der Waals surface area contributed by atoms with Crippen molar-refractivity contribution in [2.45, 2.75) is 180 Å². The number of Topliss-reactive ketones (excluding diaryl/α,β-unsaturated/α-hetero) is 1. The normalized spacial score (nSPS) is 26.1. The number of ketones is 1. The Balaban J connectivity index is 1.35. The zero-order chi connectivity index (χ0) is 51.3. The van der Waals surface area contributed by atoms with Gasteiger partial charge in [-0.25, -0.2) is 0 Å². The van der Waals surface area contributed by atoms with E-state index in [1.54, 1.807) is 14.0 Å². The summed E-state index contributed by atoms with van der Waals surface area (Å²) in [6.07, 6.45) is 13.6. The Labute approximate surface area is 431 Å². The van der Waals surface area contributed by atoms with Gasteiger partial charge in [-0.2, -0.15) is 0 Å². The number of allylic oxidation sites excluding steroid dienone is 3. The van der Waals surface area contributed by atoms with E-state index in [0.29, 0.717) is 37.4 Å². The first-order valence-corrected chi connectivity index (χ1v) is 30.8. The van der Waals surface area contributed by atoms with Gasteiger partial charge in [-0.15, -0.1) is 0 Å². The van der Waals surface area contributed by atoms with Crippen molar-refractivity contribution in [3.8, 4) is 0 Å². The average molecular weight is 998 g/mol. The highest BCUT2D eigenvalue weighted by molar-refractivity contribution is 7.00. The minimum atomic E-state index is -3.26. The number of ether oxygens (including phenoxy) is 2. The molecule has 0 amide bonds. The number of aliphatic hydroxyl groups is 1. The molecule has 1 N–H and O–H groups in total. The monoisotopic (exact) mass is 997 g/mol. The summed E-state index contributed by atoms with van der Waals surface area (Å²) in [6.45, 7) is 25.2. The van der Waals surface area contributed by atoms with Crippen LogP contribution in [0, 0.1) is 23.2 Å². The topological polar surface area (TPSA) is 74.2 Å². The van der Waals surface area contributed by atoms with Gasteiger partial charge in [-0.1, -0.05) is 207 Å². The molecule has 0 heterocycles. The van der Waals surface area contributed by atoms with Crippen LogP contribution in [0.4, 0.5) is 0 Å². The van der Waals surface area contributed by atoms with Gasteiger partial charge in [0.1, 0.15) is 18.2 Å². The molecule has 0 bridgehead atoms. The summed E-state index contributed by atoms with van der Waals surface area (Å²) in [4.78, 5) is 13.8. The number of carbonyl (C=O) groups is 1. The van der Waals surface area contributed by atoms with Crippen LogP contribution in [0.1, 0.15) is 147 Å². The summed E-state index contributed by atoms with van der Waals surface area (Å²) in [7, 11) is -4.64. The minimum absolute atomic E-state index is 0.0368. The third-order valence-corrected chi connectivity index (χ3v) is 27.4. The third kappa shape index (κ3) is 11.5. The first-order chi connectivity index (χ1) is 33.6. The van der Waals surface area contributed by atoms with Crippen molar-refractivity contribution in [2.75, 3.05) is 13.9 Å². The molecule has 3 saturated carbocycles. The molecule has 6 nitrogen and oxygen atoms in total. The predicted octanol–water partition coefficient (Wildman–Crippen LogP) is 12.7. The molecule has 3 aliphatic rings. The van der Waals surface area contributed by atoms with Gasteiger partial charge in [0.25, 0.3) is 16.6 Å². The number of rotatable bonds is 19. The van der Waals surface area contributed by atoms with E-state index >= 15 is 0 Å². The van der Waals surface area contributed by atoms with Crippen molar-refractivity contribution >= 4 is 43.2 Å². The van der Waals surface area contributed by atoms with E-state index in [1.807, 2.05) is 0 Å². The Kier molecular flexibility index (Phi) is 17.4. The zero-order valence-electron chi connectivity index (χ0n) is 45.6. The van der Waals surface area contributed by atoms with Crippen molar-refractivity contribution in [1.29, 1.82) is 0 Å². The highest BCUT2D eigenvalue weighted by Crippen LogP contribution is 2.60. The first-order valence-electron chi connectivity index (χ1n) is 26.9. The van der Waals surface area contributed by atoms with E-state index in [-0.39, 0.29) is 39.4 Å². The molecule has 4 aromatic carbocycles. The molecule has 0 spiro atoms. The van der Waals surface area contributed by atoms with Crippen LogP contribution in [0.15, 0.2) is 145 Å². The van der Waals surface area contributed by atoms with Gasteiger partial charge in [0.2, 0.25) is 0 Å². The molecule has 8 heteroatoms. The molecule has 0 saturated heterocycles. The Morgan fingerprint density at radius 1 is 0.746 bits per heavy atom. The minimum Gasteiger partial charge on any atom is -0.404 e. The smallest absolute Gasteiger partial charge is 0.261 e. The van der Waals surface area contributed by atoms with Crippen molar-refractivity contribution in [2.24, 2.45) is 23.2 Å². The fraction of sp³-hybridized carbons (Fsp3) is 0.540. The van der Waals surface area contributed by atoms with Crippen LogP contribution in [0.2, 0.25) is 10.1 Å². The molecule has 384 valence electrons. The molecule has 0 unspecified atom stereocenters. The first kappa shape index (κ1) is 55.0. The second-order valence-corrected chi connectivity index (χ2v) is 33.1. The molecule has 0 aromatic heterocycles. The molecular weight excluding hydrogens is 909 g/mol. The van der Waals surface area contributed by atoms with E-state index < -0.39 is 28.3 Å². The molecule has 3 fully saturated rings. The number of fused-ring (bicyclic) bond motifs is 1. The van der Waals surface area contributed by atoms with Crippen LogP contribution < -0.4 is 20.7 Å². The Hall–Kier alpha value is -3.74. The van der Waals surface area contributed by atoms with Crippen molar-refractivity contribution in [3.05, 3.63) is 145 Å². The van der Waals surface area contributed by atoms with Gasteiger partial charge >= 0.3 is 0 Å². The van der Waals surface area contributed by atoms with E-state index in [0.717, 1.165) is 41.6 Å². The maximum Gasteiger partial charge on any atom is 0.261 e. The molecule has 7 rings (SSSR count). The lowest BCUT2D eigenvalue weighted by molar-refractivity contribution is -0.129. The van der Waals surface area contributed by atoms with Gasteiger partial charge < -0.3 is 23.4 Å². The van der Waals surface area contributed by atoms with Crippen LogP contribution in [0.3, 0.4) is 0 Å². The largest absolute Gasteiger partial charge is 0.404 e. The maximum absolute atomic E-state index is 13.9. The Bertz CT molecular complexity index is 2330. The van der Waals surface area contributed by atoms with Gasteiger partial charge in [0.15, 0.2) is 0 Å². The Morgan fingerprint density at radius 3 is 1.70 bits per heavy atom. The summed E-state index contributed by atoms with van der Waals surface area (Å²) in [5.74, 6) is 1.67. The number of hydrogen-bond donors (Lipinski definition) is 1. The van der Waals surface area contributed by atoms with Crippen molar-refractivity contribution < 1.29 is 28.2 Å². The summed E-state index contributed by atoms with van der Waals surface area (Å²) >= 11 is 0. The number of methoxy groups -OCH3 is 1. The fourth-order valence-corrected chi connectivity index (χ4v) is 23.2. The van der Waals surface area contributed by atoms with Crippen LogP contribution in [-0.4, -0.2) is 64.8 Å². The number of carbonyl (C=O) groups excluding carboxylic acids is 1. The predicted molar refractivity (Wildman–Crippen MR) is 299 cm³/mol. The summed E-state index contributed by atoms with van der Waals surface area (Å²) in [6, 6.07) is 43.2. The van der Waals surface area contributed by atoms with Crippen LogP contribution in [0.25, 0.3) is 0 Å². The zero-order valence-corrected chi connectivity index (χ0v) is 47.6. The quantitative estimate of drug-likeness (QED) is 0.0745. The van der Waals surface area contributed by atoms with E-state index in [1.165, 1.54) is 41.6 Å². The van der Waals surface area contributed by atoms with E-state index in [4.69, 9.17) is 18.3 Å². The molecular formula is C63H88O6Si2. The van der Waals surface area contributed by atoms with Gasteiger partial charge in [0.05, 0.1) is 17.8 Å². The van der Waals surface area contributed by atoms with Crippen molar-refractivity contribution in [3.63, 3.8) is 0 Å². The van der Waals surface area contributed by atoms with Gasteiger partial charge in [0, 0.05) is 20.0 Å². The van der Waals surface area contributed by atoms with Crippen LogP contribution >= 0.6 is 0 Å². The lowest BCUT2D eigenvalue weighted by Gasteiger charge is -2.53. The average Bonchev–Trinajstić information content (AvgIpc) is 3.69. The highest BCUT2D eigenvalue weighted by atomic mass is 28.4. The second kappa shape index (κ2) is 22.4. The van der Waals surface area contributed by atoms with Crippen LogP contribution in [-0.2, 0) is 23.1 Å². The van der Waals surface area contributed by atoms with Gasteiger partial charge in [-0.05, 0) is 125 Å². The van der Waals surface area contributed by atoms with Crippen molar-refractivity contribution in [1.82, 2.24) is 0 Å². The molecule has 0 aliphatic heterocycles. The third-order valence-electron chi connectivity index (χ3n) is 17.3. The number of benzene rings is 4. The number of hydrogen-bond acceptors (Lipinski definition) is 6. The SMILES string of the molecule is COCOC(C)(C)CCC[C@@H](C)[C@H]1CC[C@H]2/C(=C/C=C3\C[C@@H](O[Si](c4ccccc4)(c4ccccc4)C(C)(C)C)C[C@H](O[Si](c4ccccc4)(c4ccccc4)C(C)(C)C)[C@]3(O)CC(C)=O)CCC[C@]12C. The summed E-state index contributed by atoms with van der Waals surface area (Å²) in [5.41, 5.74) is 0.747. The van der Waals surface area contributed by atoms with E-state index in [9.17, 15) is 9.90 Å². The molecule has 7 atom stereocenters. The lowest BCUT2D eigenvalue weighted by Crippen LogP contribution is -2.71. The molecule has 0 radical (unpaired) electrons. The maximum atomic E-state index is 13.9. The molecule has 3 aliphatic carbocycles. The summed E-state index contributed by atoms with van der Waals surface area (Å²) in [5, 5.41) is 18.0. The molecule has 71 heavy (non-hydrogen) atoms. The highest BCUT2D eigenvalue weighted by Gasteiger charge is 2.59. The van der Waals surface area contributed by atoms with Gasteiger partial charge in [-0.3, -0.25) is 4.79 Å². The second-order valence-electron chi connectivity index (χ2n) is 24.6. The lowest BCUT2D eigenvalue weighted by atomic mass is 9.60. The Morgan fingerprint density at radius 2 is 1.24 bits per heavy atom. The fourth-order valence-electron chi connectivity index (χ4n) is 13.8. The van der Waals surface area contributed by atoms with E-state index in [2.05, 4.69) is 203 Å². The molecule has 4 aromatic rings.